The third-order valence-electron chi connectivity index (χ3n) is 7.27. The predicted molar refractivity (Wildman–Crippen MR) is 170 cm³/mol. The summed E-state index contributed by atoms with van der Waals surface area (Å²) in [6.07, 6.45) is -3.89. The van der Waals surface area contributed by atoms with Gasteiger partial charge in [-0.05, 0) is 71.3 Å². The smallest absolute Gasteiger partial charge is 0.416 e. The topological polar surface area (TPSA) is 81.7 Å². The normalized spacial score (nSPS) is 12.0. The van der Waals surface area contributed by atoms with Gasteiger partial charge in [0, 0.05) is 11.3 Å². The number of anilines is 1. The van der Waals surface area contributed by atoms with Gasteiger partial charge in [-0.15, -0.1) is 0 Å². The van der Waals surface area contributed by atoms with Crippen LogP contribution in [0.4, 0.5) is 18.9 Å². The van der Waals surface area contributed by atoms with Crippen LogP contribution in [0.1, 0.15) is 59.3 Å². The van der Waals surface area contributed by atoms with E-state index in [0.717, 1.165) is 17.7 Å². The van der Waals surface area contributed by atoms with Crippen molar-refractivity contribution >= 4 is 23.5 Å². The summed E-state index contributed by atoms with van der Waals surface area (Å²) in [4.78, 5) is 38.9. The zero-order valence-electron chi connectivity index (χ0n) is 25.9. The van der Waals surface area contributed by atoms with E-state index in [1.54, 1.807) is 67.6 Å². The van der Waals surface area contributed by atoms with Crippen molar-refractivity contribution in [2.24, 2.45) is 5.92 Å². The van der Waals surface area contributed by atoms with Gasteiger partial charge in [0.25, 0.3) is 5.91 Å². The van der Waals surface area contributed by atoms with E-state index in [4.69, 9.17) is 9.47 Å². The Morgan fingerprint density at radius 3 is 2.15 bits per heavy atom. The highest BCUT2D eigenvalue weighted by atomic mass is 19.4. The van der Waals surface area contributed by atoms with Gasteiger partial charge < -0.3 is 14.8 Å². The second-order valence-electron chi connectivity index (χ2n) is 11.2. The SMILES string of the molecule is CCOC(=O)C(COC(=O)Cc1ccc(NC(=O)c2ccccc2-c2ccc(C(F)(F)F)cc2)c(CC(C)C)c1)c1ccccc1. The molecule has 240 valence electrons. The Morgan fingerprint density at radius 1 is 0.826 bits per heavy atom. The molecule has 0 spiro atoms. The Morgan fingerprint density at radius 2 is 1.50 bits per heavy atom. The van der Waals surface area contributed by atoms with E-state index in [2.05, 4.69) is 5.32 Å². The minimum atomic E-state index is -4.46. The maximum atomic E-state index is 13.5. The molecule has 0 aliphatic carbocycles. The molecule has 9 heteroatoms. The van der Waals surface area contributed by atoms with Gasteiger partial charge >= 0.3 is 18.1 Å². The van der Waals surface area contributed by atoms with E-state index in [9.17, 15) is 27.6 Å². The van der Waals surface area contributed by atoms with Crippen LogP contribution >= 0.6 is 0 Å². The van der Waals surface area contributed by atoms with E-state index in [1.165, 1.54) is 12.1 Å². The van der Waals surface area contributed by atoms with Crippen molar-refractivity contribution in [3.63, 3.8) is 0 Å². The Hall–Kier alpha value is -4.92. The lowest BCUT2D eigenvalue weighted by Crippen LogP contribution is -2.23. The first-order valence-corrected chi connectivity index (χ1v) is 15.0. The summed E-state index contributed by atoms with van der Waals surface area (Å²) in [6.45, 7) is 5.83. The van der Waals surface area contributed by atoms with Gasteiger partial charge in [0.1, 0.15) is 12.5 Å². The molecule has 0 aromatic heterocycles. The zero-order chi connectivity index (χ0) is 33.3. The lowest BCUT2D eigenvalue weighted by atomic mass is 9.96. The summed E-state index contributed by atoms with van der Waals surface area (Å²) in [5, 5.41) is 2.95. The molecule has 0 radical (unpaired) electrons. The summed E-state index contributed by atoms with van der Waals surface area (Å²) in [5.41, 5.74) is 3.25. The van der Waals surface area contributed by atoms with E-state index < -0.39 is 35.5 Å². The lowest BCUT2D eigenvalue weighted by molar-refractivity contribution is -0.150. The molecule has 46 heavy (non-hydrogen) atoms. The second kappa shape index (κ2) is 15.4. The van der Waals surface area contributed by atoms with Gasteiger partial charge in [-0.1, -0.05) is 86.6 Å². The van der Waals surface area contributed by atoms with E-state index in [-0.39, 0.29) is 25.6 Å². The van der Waals surface area contributed by atoms with Crippen molar-refractivity contribution in [3.05, 3.63) is 125 Å². The molecule has 0 aliphatic heterocycles. The lowest BCUT2D eigenvalue weighted by Gasteiger charge is -2.17. The van der Waals surface area contributed by atoms with E-state index >= 15 is 0 Å². The van der Waals surface area contributed by atoms with E-state index in [0.29, 0.717) is 39.9 Å². The van der Waals surface area contributed by atoms with Crippen LogP contribution in [0.2, 0.25) is 0 Å². The first-order chi connectivity index (χ1) is 22.0. The Bertz CT molecular complexity index is 1650. The number of esters is 2. The van der Waals surface area contributed by atoms with Crippen LogP contribution < -0.4 is 5.32 Å². The van der Waals surface area contributed by atoms with Crippen LogP contribution in [0.5, 0.6) is 0 Å². The first-order valence-electron chi connectivity index (χ1n) is 15.0. The average molecular weight is 632 g/mol. The van der Waals surface area contributed by atoms with Gasteiger partial charge in [0.05, 0.1) is 18.6 Å². The number of carbonyl (C=O) groups is 3. The van der Waals surface area contributed by atoms with Gasteiger partial charge in [-0.2, -0.15) is 13.2 Å². The van der Waals surface area contributed by atoms with Gasteiger partial charge in [-0.25, -0.2) is 0 Å². The minimum absolute atomic E-state index is 0.0413. The quantitative estimate of drug-likeness (QED) is 0.159. The van der Waals surface area contributed by atoms with Crippen molar-refractivity contribution in [3.8, 4) is 11.1 Å². The molecular weight excluding hydrogens is 595 g/mol. The van der Waals surface area contributed by atoms with Gasteiger partial charge in [0.15, 0.2) is 0 Å². The summed E-state index contributed by atoms with van der Waals surface area (Å²) >= 11 is 0. The number of nitrogens with one attached hydrogen (secondary N) is 1. The molecule has 1 unspecified atom stereocenters. The fraction of sp³-hybridized carbons (Fsp3) is 0.270. The number of amides is 1. The number of halogens is 3. The molecule has 4 aromatic carbocycles. The molecule has 0 fully saturated rings. The van der Waals surface area contributed by atoms with Crippen LogP contribution in [-0.2, 0) is 38.1 Å². The largest absolute Gasteiger partial charge is 0.465 e. The Balaban J connectivity index is 1.49. The second-order valence-corrected chi connectivity index (χ2v) is 11.2. The molecule has 4 aromatic rings. The minimum Gasteiger partial charge on any atom is -0.465 e. The third-order valence-corrected chi connectivity index (χ3v) is 7.27. The molecule has 1 amide bonds. The summed E-state index contributed by atoms with van der Waals surface area (Å²) in [6, 6.07) is 25.7. The highest BCUT2D eigenvalue weighted by Gasteiger charge is 2.30. The Labute approximate surface area is 266 Å². The summed E-state index contributed by atoms with van der Waals surface area (Å²) < 4.78 is 49.9. The maximum Gasteiger partial charge on any atom is 0.416 e. The number of hydrogen-bond acceptors (Lipinski definition) is 5. The fourth-order valence-electron chi connectivity index (χ4n) is 5.07. The Kier molecular flexibility index (Phi) is 11.4. The van der Waals surface area contributed by atoms with Crippen LogP contribution in [-0.4, -0.2) is 31.1 Å². The van der Waals surface area contributed by atoms with Crippen LogP contribution in [0.25, 0.3) is 11.1 Å². The molecule has 6 nitrogen and oxygen atoms in total. The zero-order valence-corrected chi connectivity index (χ0v) is 25.9. The standard InChI is InChI=1S/C37H36F3NO5/c1-4-45-36(44)32(26-10-6-5-7-11-26)23-46-34(42)22-25-14-19-33(28(21-25)20-24(2)3)41-35(43)31-13-9-8-12-30(31)27-15-17-29(18-16-27)37(38,39)40/h5-19,21,24,32H,4,20,22-23H2,1-3H3,(H,41,43). The fourth-order valence-corrected chi connectivity index (χ4v) is 5.07. The third kappa shape index (κ3) is 9.06. The molecule has 4 rings (SSSR count). The molecule has 0 bridgehead atoms. The number of ether oxygens (including phenoxy) is 2. The molecule has 1 N–H and O–H groups in total. The maximum absolute atomic E-state index is 13.5. The van der Waals surface area contributed by atoms with Gasteiger partial charge in [-0.3, -0.25) is 14.4 Å². The number of hydrogen-bond donors (Lipinski definition) is 1. The highest BCUT2D eigenvalue weighted by molar-refractivity contribution is 6.09. The highest BCUT2D eigenvalue weighted by Crippen LogP contribution is 2.32. The van der Waals surface area contributed by atoms with Crippen molar-refractivity contribution in [1.29, 1.82) is 0 Å². The summed E-state index contributed by atoms with van der Waals surface area (Å²) in [5.74, 6) is -1.92. The van der Waals surface area contributed by atoms with Crippen molar-refractivity contribution in [2.75, 3.05) is 18.5 Å². The number of benzene rings is 4. The summed E-state index contributed by atoms with van der Waals surface area (Å²) in [7, 11) is 0. The van der Waals surface area contributed by atoms with E-state index in [1.807, 2.05) is 26.0 Å². The molecule has 0 saturated carbocycles. The first kappa shape index (κ1) is 34.0. The molecule has 0 aliphatic rings. The van der Waals surface area contributed by atoms with Crippen LogP contribution in [0.3, 0.4) is 0 Å². The van der Waals surface area contributed by atoms with Crippen LogP contribution in [0, 0.1) is 5.92 Å². The number of alkyl halides is 3. The molecule has 1 atom stereocenters. The van der Waals surface area contributed by atoms with Crippen LogP contribution in [0.15, 0.2) is 97.1 Å². The van der Waals surface area contributed by atoms with Crippen molar-refractivity contribution < 1.29 is 37.0 Å². The number of carbonyl (C=O) groups excluding carboxylic acids is 3. The molecule has 0 saturated heterocycles. The average Bonchev–Trinajstić information content (AvgIpc) is 3.02. The molecular formula is C37H36F3NO5. The van der Waals surface area contributed by atoms with Crippen molar-refractivity contribution in [2.45, 2.75) is 45.7 Å². The predicted octanol–water partition coefficient (Wildman–Crippen LogP) is 8.26. The monoisotopic (exact) mass is 631 g/mol. The van der Waals surface area contributed by atoms with Gasteiger partial charge in [0.2, 0.25) is 0 Å². The van der Waals surface area contributed by atoms with Crippen molar-refractivity contribution in [1.82, 2.24) is 0 Å². The molecule has 0 heterocycles. The number of rotatable bonds is 12.